The first-order chi connectivity index (χ1) is 4.85. The fraction of sp³-hybridized carbons (Fsp3) is 0.778. The molecule has 1 nitrogen and oxygen atoms in total. The average Bonchev–Trinajstić information content (AvgIpc) is 1.99. The molecule has 0 unspecified atom stereocenters. The van der Waals surface area contributed by atoms with Gasteiger partial charge in [-0.1, -0.05) is 32.9 Å². The lowest BCUT2D eigenvalue weighted by molar-refractivity contribution is 0.337. The average molecular weight is 178 g/mol. The van der Waals surface area contributed by atoms with E-state index in [4.69, 9.17) is 0 Å². The number of hydrogen-bond donors (Lipinski definition) is 0. The normalized spacial score (nSPS) is 10.5. The van der Waals surface area contributed by atoms with Crippen LogP contribution in [0.1, 0.15) is 27.2 Å². The summed E-state index contributed by atoms with van der Waals surface area (Å²) >= 11 is 0. The third-order valence-corrected chi connectivity index (χ3v) is 1.66. The maximum absolute atomic E-state index is 2.40. The molecule has 0 heterocycles. The Hall–Kier alpha value is -0.0100. The van der Waals surface area contributed by atoms with Crippen molar-refractivity contribution in [3.05, 3.63) is 12.2 Å². The maximum atomic E-state index is 2.40. The van der Waals surface area contributed by atoms with Crippen LogP contribution in [0, 0.1) is 0 Å². The second-order valence-electron chi connectivity index (χ2n) is 2.37. The van der Waals surface area contributed by atoms with Crippen molar-refractivity contribution in [1.82, 2.24) is 4.90 Å². The lowest BCUT2D eigenvalue weighted by atomic mass is 10.4. The molecule has 0 radical (unpaired) electrons. The Morgan fingerprint density at radius 2 is 1.55 bits per heavy atom. The van der Waals surface area contributed by atoms with Gasteiger partial charge in [-0.05, 0) is 19.5 Å². The van der Waals surface area contributed by atoms with Crippen LogP contribution < -0.4 is 0 Å². The molecule has 0 bridgehead atoms. The van der Waals surface area contributed by atoms with Crippen LogP contribution in [-0.2, 0) is 0 Å². The zero-order valence-corrected chi connectivity index (χ0v) is 8.66. The molecule has 0 aliphatic rings. The molecule has 0 saturated heterocycles. The fourth-order valence-corrected chi connectivity index (χ4v) is 0.872. The summed E-state index contributed by atoms with van der Waals surface area (Å²) in [5.74, 6) is 0. The minimum Gasteiger partial charge on any atom is -0.300 e. The minimum absolute atomic E-state index is 0. The van der Waals surface area contributed by atoms with E-state index in [0.717, 1.165) is 26.1 Å². The van der Waals surface area contributed by atoms with Gasteiger partial charge < -0.3 is 4.90 Å². The first-order valence-electron chi connectivity index (χ1n) is 4.22. The molecule has 0 fully saturated rings. The van der Waals surface area contributed by atoms with Crippen molar-refractivity contribution in [2.75, 3.05) is 19.6 Å². The molecule has 0 aliphatic carbocycles. The topological polar surface area (TPSA) is 3.24 Å². The van der Waals surface area contributed by atoms with Crippen LogP contribution >= 0.6 is 12.4 Å². The molecular weight excluding hydrogens is 158 g/mol. The summed E-state index contributed by atoms with van der Waals surface area (Å²) in [5.41, 5.74) is 0. The molecule has 0 aromatic carbocycles. The number of hydrogen-bond acceptors (Lipinski definition) is 1. The van der Waals surface area contributed by atoms with E-state index >= 15 is 0 Å². The molecular formula is C9H20ClN. The van der Waals surface area contributed by atoms with Gasteiger partial charge >= 0.3 is 0 Å². The van der Waals surface area contributed by atoms with Crippen molar-refractivity contribution in [2.24, 2.45) is 0 Å². The predicted octanol–water partition coefficient (Wildman–Crippen LogP) is 2.72. The van der Waals surface area contributed by atoms with Gasteiger partial charge in [-0.2, -0.15) is 0 Å². The quantitative estimate of drug-likeness (QED) is 0.584. The summed E-state index contributed by atoms with van der Waals surface area (Å²) in [5, 5.41) is 0. The SMILES string of the molecule is CC/C=C/CN(CC)CC.Cl. The van der Waals surface area contributed by atoms with Crippen LogP contribution in [0.25, 0.3) is 0 Å². The molecule has 0 saturated carbocycles. The lowest BCUT2D eigenvalue weighted by Crippen LogP contribution is -2.22. The fourth-order valence-electron chi connectivity index (χ4n) is 0.872. The first-order valence-corrected chi connectivity index (χ1v) is 4.22. The largest absolute Gasteiger partial charge is 0.300 e. The van der Waals surface area contributed by atoms with Gasteiger partial charge in [0, 0.05) is 6.54 Å². The predicted molar refractivity (Wildman–Crippen MR) is 54.5 cm³/mol. The molecule has 2 heteroatoms. The third kappa shape index (κ3) is 7.89. The second-order valence-corrected chi connectivity index (χ2v) is 2.37. The molecule has 0 N–H and O–H groups in total. The molecule has 0 aromatic rings. The van der Waals surface area contributed by atoms with Crippen molar-refractivity contribution in [3.63, 3.8) is 0 Å². The number of allylic oxidation sites excluding steroid dienone is 1. The first kappa shape index (κ1) is 13.6. The van der Waals surface area contributed by atoms with Gasteiger partial charge in [-0.3, -0.25) is 0 Å². The standard InChI is InChI=1S/C9H19N.ClH/c1-4-7-8-9-10(5-2)6-3;/h7-8H,4-6,9H2,1-3H3;1H/b8-7+;. The summed E-state index contributed by atoms with van der Waals surface area (Å²) in [4.78, 5) is 2.40. The van der Waals surface area contributed by atoms with Gasteiger partial charge in [-0.25, -0.2) is 0 Å². The van der Waals surface area contributed by atoms with E-state index in [-0.39, 0.29) is 12.4 Å². The van der Waals surface area contributed by atoms with Gasteiger partial charge in [0.2, 0.25) is 0 Å². The summed E-state index contributed by atoms with van der Waals surface area (Å²) in [7, 11) is 0. The number of likely N-dealkylation sites (N-methyl/N-ethyl adjacent to an activating group) is 1. The van der Waals surface area contributed by atoms with Crippen molar-refractivity contribution < 1.29 is 0 Å². The summed E-state index contributed by atoms with van der Waals surface area (Å²) in [6, 6.07) is 0. The van der Waals surface area contributed by atoms with Crippen LogP contribution in [0.2, 0.25) is 0 Å². The molecule has 0 aromatic heterocycles. The van der Waals surface area contributed by atoms with E-state index in [1.807, 2.05) is 0 Å². The van der Waals surface area contributed by atoms with Crippen molar-refractivity contribution >= 4 is 12.4 Å². The van der Waals surface area contributed by atoms with E-state index in [9.17, 15) is 0 Å². The van der Waals surface area contributed by atoms with Crippen LogP contribution in [0.4, 0.5) is 0 Å². The highest BCUT2D eigenvalue weighted by molar-refractivity contribution is 5.85. The summed E-state index contributed by atoms with van der Waals surface area (Å²) in [6.45, 7) is 9.99. The van der Waals surface area contributed by atoms with E-state index in [1.54, 1.807) is 0 Å². The lowest BCUT2D eigenvalue weighted by Gasteiger charge is -2.14. The molecule has 0 spiro atoms. The molecule has 68 valence electrons. The molecule has 0 rings (SSSR count). The number of halogens is 1. The molecule has 0 aliphatic heterocycles. The Kier molecular flexibility index (Phi) is 12.3. The van der Waals surface area contributed by atoms with Crippen LogP contribution in [-0.4, -0.2) is 24.5 Å². The van der Waals surface area contributed by atoms with Gasteiger partial charge in [0.05, 0.1) is 0 Å². The van der Waals surface area contributed by atoms with Gasteiger partial charge in [-0.15, -0.1) is 12.4 Å². The second kappa shape index (κ2) is 9.99. The molecule has 11 heavy (non-hydrogen) atoms. The highest BCUT2D eigenvalue weighted by Crippen LogP contribution is 1.88. The van der Waals surface area contributed by atoms with E-state index in [0.29, 0.717) is 0 Å². The number of nitrogens with zero attached hydrogens (tertiary/aromatic N) is 1. The zero-order chi connectivity index (χ0) is 7.82. The highest BCUT2D eigenvalue weighted by Gasteiger charge is 1.92. The van der Waals surface area contributed by atoms with Crippen molar-refractivity contribution in [3.8, 4) is 0 Å². The zero-order valence-electron chi connectivity index (χ0n) is 7.84. The summed E-state index contributed by atoms with van der Waals surface area (Å²) < 4.78 is 0. The van der Waals surface area contributed by atoms with E-state index in [1.165, 1.54) is 0 Å². The monoisotopic (exact) mass is 177 g/mol. The third-order valence-electron chi connectivity index (χ3n) is 1.66. The summed E-state index contributed by atoms with van der Waals surface area (Å²) in [6.07, 6.45) is 5.62. The van der Waals surface area contributed by atoms with Gasteiger partial charge in [0.1, 0.15) is 0 Å². The Labute approximate surface area is 76.9 Å². The van der Waals surface area contributed by atoms with Crippen molar-refractivity contribution in [1.29, 1.82) is 0 Å². The van der Waals surface area contributed by atoms with Crippen LogP contribution in [0.5, 0.6) is 0 Å². The van der Waals surface area contributed by atoms with Crippen molar-refractivity contribution in [2.45, 2.75) is 27.2 Å². The smallest absolute Gasteiger partial charge is 0.0162 e. The van der Waals surface area contributed by atoms with Crippen LogP contribution in [0.3, 0.4) is 0 Å². The minimum atomic E-state index is 0. The Bertz CT molecular complexity index is 87.6. The number of rotatable bonds is 5. The van der Waals surface area contributed by atoms with E-state index in [2.05, 4.69) is 37.8 Å². The van der Waals surface area contributed by atoms with Gasteiger partial charge in [0.25, 0.3) is 0 Å². The Morgan fingerprint density at radius 1 is 1.00 bits per heavy atom. The maximum Gasteiger partial charge on any atom is 0.0162 e. The molecule has 0 atom stereocenters. The Balaban J connectivity index is 0. The Morgan fingerprint density at radius 3 is 1.91 bits per heavy atom. The van der Waals surface area contributed by atoms with E-state index < -0.39 is 0 Å². The van der Waals surface area contributed by atoms with Crippen LogP contribution in [0.15, 0.2) is 12.2 Å². The highest BCUT2D eigenvalue weighted by atomic mass is 35.5. The van der Waals surface area contributed by atoms with Gasteiger partial charge in [0.15, 0.2) is 0 Å². The molecule has 0 amide bonds.